The van der Waals surface area contributed by atoms with Crippen molar-refractivity contribution < 1.29 is 18.1 Å². The SMILES string of the molecule is Cc1cc(Nc2nc(C(F)(F)c3ccc(F)cc3)nc3ccc([N+](=O)[O-])n23)n[nH]1. The highest BCUT2D eigenvalue weighted by Crippen LogP contribution is 2.35. The summed E-state index contributed by atoms with van der Waals surface area (Å²) in [6.07, 6.45) is 0. The first kappa shape index (κ1) is 18.4. The summed E-state index contributed by atoms with van der Waals surface area (Å²) in [4.78, 5) is 18.3. The van der Waals surface area contributed by atoms with Gasteiger partial charge in [0.05, 0.1) is 0 Å². The molecule has 3 heterocycles. The van der Waals surface area contributed by atoms with Gasteiger partial charge in [-0.1, -0.05) is 0 Å². The fourth-order valence-electron chi connectivity index (χ4n) is 2.76. The number of nitro groups is 1. The van der Waals surface area contributed by atoms with Gasteiger partial charge in [-0.15, -0.1) is 4.40 Å². The Morgan fingerprint density at radius 2 is 1.90 bits per heavy atom. The van der Waals surface area contributed by atoms with Crippen LogP contribution in [0.15, 0.2) is 42.5 Å². The fourth-order valence-corrected chi connectivity index (χ4v) is 2.76. The van der Waals surface area contributed by atoms with E-state index in [4.69, 9.17) is 0 Å². The molecular weight excluding hydrogens is 391 g/mol. The second-order valence-corrected chi connectivity index (χ2v) is 6.16. The standard InChI is InChI=1S/C17H12F3N7O2/c1-9-8-12(25-24-9)21-16-23-15(17(19,20)10-2-4-11(18)5-3-10)22-13-6-7-14(26(13)16)27(28)29/h2-8H,1H3,(H2,21,22,23,24,25). The van der Waals surface area contributed by atoms with E-state index in [1.165, 1.54) is 6.07 Å². The molecule has 4 rings (SSSR count). The maximum atomic E-state index is 15.0. The molecule has 29 heavy (non-hydrogen) atoms. The monoisotopic (exact) mass is 403 g/mol. The zero-order valence-electron chi connectivity index (χ0n) is 14.7. The number of aromatic nitrogens is 5. The number of hydrogen-bond donors (Lipinski definition) is 2. The summed E-state index contributed by atoms with van der Waals surface area (Å²) in [5, 5.41) is 20.6. The second kappa shape index (κ2) is 6.58. The van der Waals surface area contributed by atoms with Crippen molar-refractivity contribution in [2.45, 2.75) is 12.8 Å². The molecule has 4 aromatic rings. The first-order valence-electron chi connectivity index (χ1n) is 8.23. The molecule has 9 nitrogen and oxygen atoms in total. The van der Waals surface area contributed by atoms with Gasteiger partial charge < -0.3 is 10.1 Å². The van der Waals surface area contributed by atoms with Crippen LogP contribution in [0, 0.1) is 22.9 Å². The van der Waals surface area contributed by atoms with E-state index in [9.17, 15) is 23.3 Å². The predicted molar refractivity (Wildman–Crippen MR) is 95.6 cm³/mol. The molecule has 0 saturated heterocycles. The van der Waals surface area contributed by atoms with Crippen molar-refractivity contribution in [3.8, 4) is 0 Å². The molecule has 1 aromatic carbocycles. The van der Waals surface area contributed by atoms with E-state index >= 15 is 0 Å². The molecule has 0 aliphatic carbocycles. The number of halogens is 3. The summed E-state index contributed by atoms with van der Waals surface area (Å²) in [6, 6.07) is 7.57. The van der Waals surface area contributed by atoms with Crippen LogP contribution in [-0.2, 0) is 5.92 Å². The van der Waals surface area contributed by atoms with Gasteiger partial charge in [0.25, 0.3) is 0 Å². The Morgan fingerprint density at radius 1 is 1.17 bits per heavy atom. The molecule has 2 N–H and O–H groups in total. The first-order valence-corrected chi connectivity index (χ1v) is 8.23. The predicted octanol–water partition coefficient (Wildman–Crippen LogP) is 3.69. The number of aryl methyl sites for hydroxylation is 1. The molecule has 0 amide bonds. The number of nitrogens with one attached hydrogen (secondary N) is 2. The quantitative estimate of drug-likeness (QED) is 0.388. The Hall–Kier alpha value is -3.96. The second-order valence-electron chi connectivity index (χ2n) is 6.16. The van der Waals surface area contributed by atoms with Crippen molar-refractivity contribution in [1.82, 2.24) is 24.6 Å². The number of fused-ring (bicyclic) bond motifs is 1. The minimum absolute atomic E-state index is 0.113. The summed E-state index contributed by atoms with van der Waals surface area (Å²) in [6.45, 7) is 1.72. The van der Waals surface area contributed by atoms with E-state index in [1.807, 2.05) is 0 Å². The number of H-pyrrole nitrogens is 1. The maximum absolute atomic E-state index is 15.0. The molecule has 0 saturated carbocycles. The largest absolute Gasteiger partial charge is 0.358 e. The molecule has 12 heteroatoms. The topological polar surface area (TPSA) is 114 Å². The molecule has 0 fully saturated rings. The van der Waals surface area contributed by atoms with Gasteiger partial charge in [0.15, 0.2) is 5.82 Å². The van der Waals surface area contributed by atoms with Gasteiger partial charge in [0.2, 0.25) is 11.5 Å². The Labute approximate surface area is 160 Å². The average Bonchev–Trinajstić information content (AvgIpc) is 3.28. The number of anilines is 2. The summed E-state index contributed by atoms with van der Waals surface area (Å²) in [7, 11) is 0. The molecule has 0 spiro atoms. The van der Waals surface area contributed by atoms with Crippen LogP contribution in [0.4, 0.5) is 30.8 Å². The van der Waals surface area contributed by atoms with Gasteiger partial charge in [-0.3, -0.25) is 10.4 Å². The Bertz CT molecular complexity index is 1220. The van der Waals surface area contributed by atoms with Crippen molar-refractivity contribution in [2.24, 2.45) is 0 Å². The number of hydrogen-bond acceptors (Lipinski definition) is 6. The smallest absolute Gasteiger partial charge is 0.332 e. The fraction of sp³-hybridized carbons (Fsp3) is 0.118. The maximum Gasteiger partial charge on any atom is 0.332 e. The highest BCUT2D eigenvalue weighted by molar-refractivity contribution is 5.58. The van der Waals surface area contributed by atoms with Gasteiger partial charge in [-0.2, -0.15) is 23.8 Å². The van der Waals surface area contributed by atoms with E-state index < -0.39 is 33.9 Å². The Kier molecular flexibility index (Phi) is 4.18. The third kappa shape index (κ3) is 3.24. The van der Waals surface area contributed by atoms with Crippen LogP contribution >= 0.6 is 0 Å². The minimum atomic E-state index is -3.67. The zero-order chi connectivity index (χ0) is 20.8. The van der Waals surface area contributed by atoms with E-state index in [2.05, 4.69) is 25.5 Å². The van der Waals surface area contributed by atoms with Gasteiger partial charge in [0, 0.05) is 29.5 Å². The van der Waals surface area contributed by atoms with E-state index in [0.29, 0.717) is 5.69 Å². The summed E-state index contributed by atoms with van der Waals surface area (Å²) >= 11 is 0. The van der Waals surface area contributed by atoms with Crippen molar-refractivity contribution in [1.29, 1.82) is 0 Å². The normalized spacial score (nSPS) is 11.7. The first-order chi connectivity index (χ1) is 13.8. The summed E-state index contributed by atoms with van der Waals surface area (Å²) < 4.78 is 44.1. The van der Waals surface area contributed by atoms with E-state index in [-0.39, 0.29) is 17.4 Å². The van der Waals surface area contributed by atoms with E-state index in [0.717, 1.165) is 34.7 Å². The summed E-state index contributed by atoms with van der Waals surface area (Å²) in [5.41, 5.74) is 0.0424. The van der Waals surface area contributed by atoms with Gasteiger partial charge in [-0.25, -0.2) is 4.39 Å². The van der Waals surface area contributed by atoms with Crippen LogP contribution in [0.3, 0.4) is 0 Å². The number of alkyl halides is 2. The zero-order valence-corrected chi connectivity index (χ0v) is 14.7. The molecular formula is C17H12F3N7O2. The number of nitrogens with zero attached hydrogens (tertiary/aromatic N) is 5. The van der Waals surface area contributed by atoms with Crippen LogP contribution in [0.1, 0.15) is 17.1 Å². The molecule has 148 valence electrons. The average molecular weight is 403 g/mol. The third-order valence-corrected chi connectivity index (χ3v) is 4.10. The van der Waals surface area contributed by atoms with Crippen LogP contribution in [-0.4, -0.2) is 29.5 Å². The Balaban J connectivity index is 1.89. The molecule has 0 atom stereocenters. The Morgan fingerprint density at radius 3 is 2.52 bits per heavy atom. The summed E-state index contributed by atoms with van der Waals surface area (Å²) in [5.74, 6) is -5.70. The van der Waals surface area contributed by atoms with Crippen molar-refractivity contribution in [2.75, 3.05) is 5.32 Å². The lowest BCUT2D eigenvalue weighted by molar-refractivity contribution is -0.390. The van der Waals surface area contributed by atoms with Gasteiger partial charge in [-0.05, 0) is 36.1 Å². The lowest BCUT2D eigenvalue weighted by atomic mass is 10.1. The molecule has 0 aliphatic heterocycles. The van der Waals surface area contributed by atoms with Gasteiger partial charge in [0.1, 0.15) is 5.82 Å². The third-order valence-electron chi connectivity index (χ3n) is 4.10. The highest BCUT2D eigenvalue weighted by Gasteiger charge is 2.39. The van der Waals surface area contributed by atoms with Crippen molar-refractivity contribution in [3.63, 3.8) is 0 Å². The molecule has 0 bridgehead atoms. The molecule has 0 radical (unpaired) electrons. The number of benzene rings is 1. The number of aromatic amines is 1. The lowest BCUT2D eigenvalue weighted by Crippen LogP contribution is -2.21. The van der Waals surface area contributed by atoms with Crippen molar-refractivity contribution in [3.05, 3.63) is 75.5 Å². The lowest BCUT2D eigenvalue weighted by Gasteiger charge is -2.15. The molecule has 0 aliphatic rings. The molecule has 3 aromatic heterocycles. The van der Waals surface area contributed by atoms with Crippen LogP contribution in [0.5, 0.6) is 0 Å². The van der Waals surface area contributed by atoms with Crippen LogP contribution in [0.2, 0.25) is 0 Å². The molecule has 0 unspecified atom stereocenters. The van der Waals surface area contributed by atoms with Crippen LogP contribution < -0.4 is 5.32 Å². The van der Waals surface area contributed by atoms with E-state index in [1.54, 1.807) is 13.0 Å². The van der Waals surface area contributed by atoms with Crippen LogP contribution in [0.25, 0.3) is 5.65 Å². The highest BCUT2D eigenvalue weighted by atomic mass is 19.3. The van der Waals surface area contributed by atoms with Crippen molar-refractivity contribution >= 4 is 23.2 Å². The number of rotatable bonds is 5. The van der Waals surface area contributed by atoms with Gasteiger partial charge >= 0.3 is 17.7 Å². The minimum Gasteiger partial charge on any atom is -0.358 e.